The molecule has 0 amide bonds. The number of amidine groups is 1. The number of benzene rings is 1. The van der Waals surface area contributed by atoms with Crippen molar-refractivity contribution in [1.29, 1.82) is 5.41 Å². The van der Waals surface area contributed by atoms with Gasteiger partial charge in [0.25, 0.3) is 0 Å². The number of nitrogens with zero attached hydrogens (tertiary/aromatic N) is 1. The van der Waals surface area contributed by atoms with Gasteiger partial charge in [0.05, 0.1) is 5.56 Å². The van der Waals surface area contributed by atoms with Crippen molar-refractivity contribution in [3.8, 4) is 0 Å². The largest absolute Gasteiger partial charge is 0.417 e. The van der Waals surface area contributed by atoms with Crippen molar-refractivity contribution in [2.45, 2.75) is 39.4 Å². The van der Waals surface area contributed by atoms with Gasteiger partial charge in [0.2, 0.25) is 0 Å². The lowest BCUT2D eigenvalue weighted by Crippen LogP contribution is -2.32. The number of nitrogens with one attached hydrogen (secondary N) is 1. The summed E-state index contributed by atoms with van der Waals surface area (Å²) in [6.45, 7) is 6.52. The third-order valence-corrected chi connectivity index (χ3v) is 3.02. The van der Waals surface area contributed by atoms with Gasteiger partial charge in [-0.1, -0.05) is 6.92 Å². The van der Waals surface area contributed by atoms with E-state index < -0.39 is 17.6 Å². The first kappa shape index (κ1) is 16.3. The second kappa shape index (κ2) is 6.15. The molecule has 0 fully saturated rings. The van der Waals surface area contributed by atoms with Gasteiger partial charge in [-0.05, 0) is 38.5 Å². The molecule has 0 saturated carbocycles. The Hall–Kier alpha value is -1.72. The van der Waals surface area contributed by atoms with Gasteiger partial charge in [-0.25, -0.2) is 0 Å². The molecule has 1 aromatic carbocycles. The predicted molar refractivity (Wildman–Crippen MR) is 75.2 cm³/mol. The Bertz CT molecular complexity index is 481. The fourth-order valence-corrected chi connectivity index (χ4v) is 2.11. The van der Waals surface area contributed by atoms with Crippen LogP contribution in [0.3, 0.4) is 0 Å². The smallest absolute Gasteiger partial charge is 0.384 e. The van der Waals surface area contributed by atoms with Crippen LogP contribution in [0.4, 0.5) is 18.9 Å². The van der Waals surface area contributed by atoms with Gasteiger partial charge in [-0.15, -0.1) is 0 Å². The quantitative estimate of drug-likeness (QED) is 0.642. The lowest BCUT2D eigenvalue weighted by molar-refractivity contribution is -0.137. The third-order valence-electron chi connectivity index (χ3n) is 3.02. The van der Waals surface area contributed by atoms with Crippen molar-refractivity contribution in [3.05, 3.63) is 29.3 Å². The minimum absolute atomic E-state index is 0.0965. The van der Waals surface area contributed by atoms with Gasteiger partial charge in [0.1, 0.15) is 5.84 Å². The molecule has 0 bridgehead atoms. The van der Waals surface area contributed by atoms with E-state index in [1.807, 2.05) is 25.7 Å². The zero-order chi connectivity index (χ0) is 15.5. The van der Waals surface area contributed by atoms with E-state index in [-0.39, 0.29) is 11.6 Å². The van der Waals surface area contributed by atoms with Gasteiger partial charge in [0.15, 0.2) is 0 Å². The summed E-state index contributed by atoms with van der Waals surface area (Å²) in [6, 6.07) is 4.03. The molecule has 0 aliphatic heterocycles. The molecule has 1 aromatic rings. The molecule has 0 aliphatic rings. The molecule has 6 heteroatoms. The summed E-state index contributed by atoms with van der Waals surface area (Å²) in [5.74, 6) is -0.574. The topological polar surface area (TPSA) is 53.1 Å². The summed E-state index contributed by atoms with van der Waals surface area (Å²) >= 11 is 0. The van der Waals surface area contributed by atoms with E-state index in [1.54, 1.807) is 6.07 Å². The Kier molecular flexibility index (Phi) is 5.03. The number of alkyl halides is 3. The van der Waals surface area contributed by atoms with Gasteiger partial charge < -0.3 is 10.6 Å². The molecule has 0 aliphatic carbocycles. The fourth-order valence-electron chi connectivity index (χ4n) is 2.11. The van der Waals surface area contributed by atoms with E-state index >= 15 is 0 Å². The van der Waals surface area contributed by atoms with Gasteiger partial charge >= 0.3 is 6.18 Å². The molecule has 0 aromatic heterocycles. The molecule has 20 heavy (non-hydrogen) atoms. The average Bonchev–Trinajstić information content (AvgIpc) is 2.33. The van der Waals surface area contributed by atoms with Crippen molar-refractivity contribution in [1.82, 2.24) is 0 Å². The minimum atomic E-state index is -4.52. The van der Waals surface area contributed by atoms with Crippen LogP contribution in [0.25, 0.3) is 0 Å². The molecule has 3 nitrogen and oxygen atoms in total. The molecule has 0 saturated heterocycles. The Morgan fingerprint density at radius 3 is 2.35 bits per heavy atom. The first-order chi connectivity index (χ1) is 9.18. The van der Waals surface area contributed by atoms with Crippen molar-refractivity contribution >= 4 is 11.5 Å². The highest BCUT2D eigenvalue weighted by molar-refractivity contribution is 5.97. The van der Waals surface area contributed by atoms with Crippen molar-refractivity contribution < 1.29 is 13.2 Å². The number of nitrogen functional groups attached to an aromatic ring is 1. The van der Waals surface area contributed by atoms with Crippen LogP contribution in [0.15, 0.2) is 18.2 Å². The van der Waals surface area contributed by atoms with Crippen LogP contribution in [0, 0.1) is 5.41 Å². The Balaban J connectivity index is 3.34. The van der Waals surface area contributed by atoms with Crippen LogP contribution in [0.1, 0.15) is 38.3 Å². The molecule has 0 unspecified atom stereocenters. The Morgan fingerprint density at radius 1 is 1.35 bits per heavy atom. The predicted octanol–water partition coefficient (Wildman–Crippen LogP) is 3.61. The highest BCUT2D eigenvalue weighted by atomic mass is 19.4. The van der Waals surface area contributed by atoms with E-state index in [2.05, 4.69) is 0 Å². The average molecular weight is 287 g/mol. The highest BCUT2D eigenvalue weighted by Gasteiger charge is 2.34. The maximum atomic E-state index is 13.1. The minimum Gasteiger partial charge on any atom is -0.384 e. The number of nitrogens with two attached hydrogens (primary N) is 1. The summed E-state index contributed by atoms with van der Waals surface area (Å²) in [6.07, 6.45) is -3.68. The van der Waals surface area contributed by atoms with E-state index in [0.717, 1.165) is 12.5 Å². The second-order valence-electron chi connectivity index (χ2n) is 4.93. The molecule has 0 spiro atoms. The monoisotopic (exact) mass is 287 g/mol. The number of anilines is 1. The maximum Gasteiger partial charge on any atom is 0.417 e. The van der Waals surface area contributed by atoms with Crippen LogP contribution >= 0.6 is 0 Å². The van der Waals surface area contributed by atoms with Crippen LogP contribution in [-0.2, 0) is 6.18 Å². The van der Waals surface area contributed by atoms with Gasteiger partial charge in [-0.2, -0.15) is 13.2 Å². The van der Waals surface area contributed by atoms with Crippen LogP contribution in [0.2, 0.25) is 0 Å². The molecule has 0 heterocycles. The summed E-state index contributed by atoms with van der Waals surface area (Å²) in [7, 11) is 0. The summed E-state index contributed by atoms with van der Waals surface area (Å²) < 4.78 is 39.2. The third kappa shape index (κ3) is 3.65. The zero-order valence-electron chi connectivity index (χ0n) is 11.9. The summed E-state index contributed by atoms with van der Waals surface area (Å²) in [4.78, 5) is 1.90. The molecule has 1 rings (SSSR count). The van der Waals surface area contributed by atoms with Crippen LogP contribution in [-0.4, -0.2) is 18.4 Å². The Morgan fingerprint density at radius 2 is 1.95 bits per heavy atom. The molecule has 112 valence electrons. The normalized spacial score (nSPS) is 11.8. The summed E-state index contributed by atoms with van der Waals surface area (Å²) in [5, 5.41) is 7.26. The Labute approximate surface area is 117 Å². The van der Waals surface area contributed by atoms with E-state index in [0.29, 0.717) is 12.2 Å². The van der Waals surface area contributed by atoms with Crippen molar-refractivity contribution in [3.63, 3.8) is 0 Å². The SMILES string of the molecule is CCCN(c1ccc(C(=N)N)c(C(F)(F)F)c1)C(C)C. The second-order valence-corrected chi connectivity index (χ2v) is 4.93. The molecule has 0 atom stereocenters. The lowest BCUT2D eigenvalue weighted by Gasteiger charge is -2.29. The first-order valence-corrected chi connectivity index (χ1v) is 6.50. The van der Waals surface area contributed by atoms with Crippen molar-refractivity contribution in [2.75, 3.05) is 11.4 Å². The lowest BCUT2D eigenvalue weighted by atomic mass is 10.0. The van der Waals surface area contributed by atoms with E-state index in [9.17, 15) is 13.2 Å². The molecular formula is C14H20F3N3. The number of hydrogen-bond donors (Lipinski definition) is 2. The molecule has 3 N–H and O–H groups in total. The van der Waals surface area contributed by atoms with E-state index in [1.165, 1.54) is 6.07 Å². The standard InChI is InChI=1S/C14H20F3N3/c1-4-7-20(9(2)3)10-5-6-11(13(18)19)12(8-10)14(15,16)17/h5-6,8-9H,4,7H2,1-3H3,(H3,18,19). The summed E-state index contributed by atoms with van der Waals surface area (Å²) in [5.41, 5.74) is 4.59. The van der Waals surface area contributed by atoms with E-state index in [4.69, 9.17) is 11.1 Å². The first-order valence-electron chi connectivity index (χ1n) is 6.50. The van der Waals surface area contributed by atoms with Crippen LogP contribution in [0.5, 0.6) is 0 Å². The number of halogens is 3. The maximum absolute atomic E-state index is 13.1. The highest BCUT2D eigenvalue weighted by Crippen LogP contribution is 2.35. The van der Waals surface area contributed by atoms with Crippen molar-refractivity contribution in [2.24, 2.45) is 5.73 Å². The number of rotatable bonds is 5. The number of hydrogen-bond acceptors (Lipinski definition) is 2. The fraction of sp³-hybridized carbons (Fsp3) is 0.500. The van der Waals surface area contributed by atoms with Crippen LogP contribution < -0.4 is 10.6 Å². The zero-order valence-corrected chi connectivity index (χ0v) is 11.9. The van der Waals surface area contributed by atoms with Gasteiger partial charge in [0, 0.05) is 23.8 Å². The van der Waals surface area contributed by atoms with Gasteiger partial charge in [-0.3, -0.25) is 5.41 Å². The molecule has 0 radical (unpaired) electrons. The molecular weight excluding hydrogens is 267 g/mol.